The highest BCUT2D eigenvalue weighted by atomic mass is 32.2. The number of methoxy groups -OCH3 is 2. The zero-order chi connectivity index (χ0) is 19.9. The van der Waals surface area contributed by atoms with E-state index in [4.69, 9.17) is 9.47 Å². The van der Waals surface area contributed by atoms with Crippen LogP contribution in [0.25, 0.3) is 0 Å². The van der Waals surface area contributed by atoms with Gasteiger partial charge >= 0.3 is 0 Å². The number of allylic oxidation sites excluding steroid dienone is 1. The van der Waals surface area contributed by atoms with Gasteiger partial charge in [0.25, 0.3) is 0 Å². The first-order valence-corrected chi connectivity index (χ1v) is 10.3. The average molecular weight is 390 g/mol. The van der Waals surface area contributed by atoms with Crippen LogP contribution in [-0.4, -0.2) is 32.2 Å². The van der Waals surface area contributed by atoms with Gasteiger partial charge in [0.15, 0.2) is 0 Å². The molecule has 0 aromatic heterocycles. The molecular formula is C21H27NO4S. The molecule has 146 valence electrons. The second-order valence-electron chi connectivity index (χ2n) is 6.34. The fourth-order valence-corrected chi connectivity index (χ4v) is 4.26. The summed E-state index contributed by atoms with van der Waals surface area (Å²) in [5, 5.41) is -0.536. The van der Waals surface area contributed by atoms with Crippen LogP contribution in [0.4, 0.5) is 0 Å². The molecule has 0 radical (unpaired) electrons. The summed E-state index contributed by atoms with van der Waals surface area (Å²) in [6.07, 6.45) is 2.05. The van der Waals surface area contributed by atoms with Gasteiger partial charge in [0.2, 0.25) is 10.0 Å². The molecule has 27 heavy (non-hydrogen) atoms. The zero-order valence-corrected chi connectivity index (χ0v) is 16.9. The van der Waals surface area contributed by atoms with Crippen molar-refractivity contribution in [2.24, 2.45) is 0 Å². The van der Waals surface area contributed by atoms with Gasteiger partial charge in [-0.2, -0.15) is 4.31 Å². The third-order valence-corrected chi connectivity index (χ3v) is 6.59. The van der Waals surface area contributed by atoms with E-state index in [2.05, 4.69) is 6.58 Å². The van der Waals surface area contributed by atoms with Crippen LogP contribution in [0, 0.1) is 0 Å². The van der Waals surface area contributed by atoms with Crippen molar-refractivity contribution < 1.29 is 17.9 Å². The topological polar surface area (TPSA) is 55.8 Å². The maximum Gasteiger partial charge on any atom is 0.217 e. The molecule has 2 aromatic carbocycles. The van der Waals surface area contributed by atoms with Crippen molar-refractivity contribution in [3.63, 3.8) is 0 Å². The lowest BCUT2D eigenvalue weighted by Crippen LogP contribution is -2.36. The molecule has 0 aliphatic heterocycles. The molecule has 1 atom stereocenters. The lowest BCUT2D eigenvalue weighted by atomic mass is 10.2. The molecule has 0 spiro atoms. The molecule has 0 aliphatic rings. The fraction of sp³-hybridized carbons (Fsp3) is 0.333. The van der Waals surface area contributed by atoms with Crippen LogP contribution >= 0.6 is 0 Å². The van der Waals surface area contributed by atoms with Crippen molar-refractivity contribution in [3.05, 3.63) is 72.3 Å². The van der Waals surface area contributed by atoms with Crippen LogP contribution in [0.1, 0.15) is 24.5 Å². The minimum atomic E-state index is -3.49. The third kappa shape index (κ3) is 5.58. The van der Waals surface area contributed by atoms with Crippen molar-refractivity contribution in [1.82, 2.24) is 4.31 Å². The van der Waals surface area contributed by atoms with Gasteiger partial charge in [0.05, 0.1) is 19.5 Å². The molecule has 0 saturated heterocycles. The van der Waals surface area contributed by atoms with Gasteiger partial charge < -0.3 is 9.47 Å². The standard InChI is InChI=1S/C21H27NO4S/c1-5-6-17(2)27(23,24)22(15-18-7-11-20(25-3)12-8-18)16-19-9-13-21(26-4)14-10-19/h5,7-14,17H,1,6,15-16H2,2-4H3/t17-/m0/s1. The molecular weight excluding hydrogens is 362 g/mol. The Morgan fingerprint density at radius 2 is 1.33 bits per heavy atom. The molecule has 5 nitrogen and oxygen atoms in total. The minimum absolute atomic E-state index is 0.292. The van der Waals surface area contributed by atoms with Crippen molar-refractivity contribution in [1.29, 1.82) is 0 Å². The van der Waals surface area contributed by atoms with Crippen molar-refractivity contribution in [2.75, 3.05) is 14.2 Å². The SMILES string of the molecule is C=CC[C@H](C)S(=O)(=O)N(Cc1ccc(OC)cc1)Cc1ccc(OC)cc1. The maximum absolute atomic E-state index is 13.1. The second kappa shape index (κ2) is 9.58. The van der Waals surface area contributed by atoms with E-state index in [1.165, 1.54) is 4.31 Å². The van der Waals surface area contributed by atoms with Gasteiger partial charge in [0, 0.05) is 13.1 Å². The Bertz CT molecular complexity index is 780. The summed E-state index contributed by atoms with van der Waals surface area (Å²) in [4.78, 5) is 0. The highest BCUT2D eigenvalue weighted by Gasteiger charge is 2.28. The summed E-state index contributed by atoms with van der Waals surface area (Å²) in [5.41, 5.74) is 1.80. The van der Waals surface area contributed by atoms with E-state index in [1.807, 2.05) is 48.5 Å². The zero-order valence-electron chi connectivity index (χ0n) is 16.1. The number of benzene rings is 2. The Kier molecular flexibility index (Phi) is 7.45. The smallest absolute Gasteiger partial charge is 0.217 e. The van der Waals surface area contributed by atoms with E-state index in [1.54, 1.807) is 27.2 Å². The molecule has 6 heteroatoms. The van der Waals surface area contributed by atoms with Crippen molar-refractivity contribution >= 4 is 10.0 Å². The van der Waals surface area contributed by atoms with Crippen LogP contribution in [0.2, 0.25) is 0 Å². The Hall–Kier alpha value is -2.31. The summed E-state index contributed by atoms with van der Waals surface area (Å²) in [6.45, 7) is 5.97. The number of ether oxygens (including phenoxy) is 2. The minimum Gasteiger partial charge on any atom is -0.497 e. The molecule has 2 rings (SSSR count). The first-order valence-electron chi connectivity index (χ1n) is 8.76. The summed E-state index contributed by atoms with van der Waals surface area (Å²) in [6, 6.07) is 14.9. The Labute approximate surface area is 162 Å². The largest absolute Gasteiger partial charge is 0.497 e. The van der Waals surface area contributed by atoms with Gasteiger partial charge in [-0.3, -0.25) is 0 Å². The van der Waals surface area contributed by atoms with Gasteiger partial charge in [-0.1, -0.05) is 30.3 Å². The highest BCUT2D eigenvalue weighted by Crippen LogP contribution is 2.22. The van der Waals surface area contributed by atoms with E-state index < -0.39 is 15.3 Å². The highest BCUT2D eigenvalue weighted by molar-refractivity contribution is 7.89. The molecule has 0 fully saturated rings. The number of hydrogen-bond donors (Lipinski definition) is 0. The summed E-state index contributed by atoms with van der Waals surface area (Å²) >= 11 is 0. The molecule has 0 unspecified atom stereocenters. The first-order chi connectivity index (χ1) is 12.9. The van der Waals surface area contributed by atoms with Gasteiger partial charge in [-0.15, -0.1) is 6.58 Å². The van der Waals surface area contributed by atoms with Gasteiger partial charge in [0.1, 0.15) is 11.5 Å². The maximum atomic E-state index is 13.1. The molecule has 2 aromatic rings. The predicted molar refractivity (Wildman–Crippen MR) is 108 cm³/mol. The number of rotatable bonds is 10. The van der Waals surface area contributed by atoms with Crippen LogP contribution in [0.3, 0.4) is 0 Å². The van der Waals surface area contributed by atoms with E-state index >= 15 is 0 Å². The van der Waals surface area contributed by atoms with Crippen molar-refractivity contribution in [2.45, 2.75) is 31.7 Å². The van der Waals surface area contributed by atoms with Crippen LogP contribution < -0.4 is 9.47 Å². The van der Waals surface area contributed by atoms with Gasteiger partial charge in [-0.25, -0.2) is 8.42 Å². The quantitative estimate of drug-likeness (QED) is 0.576. The predicted octanol–water partition coefficient (Wildman–Crippen LogP) is 4.00. The Morgan fingerprint density at radius 1 is 0.926 bits per heavy atom. The first kappa shape index (κ1) is 21.0. The Morgan fingerprint density at radius 3 is 1.67 bits per heavy atom. The van der Waals surface area contributed by atoms with E-state index in [0.29, 0.717) is 19.5 Å². The summed E-state index contributed by atoms with van der Waals surface area (Å²) in [7, 11) is -0.284. The second-order valence-corrected chi connectivity index (χ2v) is 8.70. The molecule has 0 aliphatic carbocycles. The molecule has 0 bridgehead atoms. The lowest BCUT2D eigenvalue weighted by Gasteiger charge is -2.26. The monoisotopic (exact) mass is 389 g/mol. The molecule has 0 N–H and O–H groups in total. The van der Waals surface area contributed by atoms with E-state index in [-0.39, 0.29) is 0 Å². The summed E-state index contributed by atoms with van der Waals surface area (Å²) < 4.78 is 38.1. The number of sulfonamides is 1. The molecule has 0 amide bonds. The number of nitrogens with zero attached hydrogens (tertiary/aromatic N) is 1. The molecule has 0 saturated carbocycles. The normalized spacial score (nSPS) is 12.6. The summed E-state index contributed by atoms with van der Waals surface area (Å²) in [5.74, 6) is 1.48. The molecule has 0 heterocycles. The van der Waals surface area contributed by atoms with E-state index in [9.17, 15) is 8.42 Å². The van der Waals surface area contributed by atoms with Crippen LogP contribution in [-0.2, 0) is 23.1 Å². The van der Waals surface area contributed by atoms with Gasteiger partial charge in [-0.05, 0) is 48.7 Å². The Balaban J connectivity index is 2.29. The van der Waals surface area contributed by atoms with Crippen molar-refractivity contribution in [3.8, 4) is 11.5 Å². The van der Waals surface area contributed by atoms with Crippen LogP contribution in [0.5, 0.6) is 11.5 Å². The third-order valence-electron chi connectivity index (χ3n) is 4.40. The van der Waals surface area contributed by atoms with E-state index in [0.717, 1.165) is 22.6 Å². The van der Waals surface area contributed by atoms with Crippen LogP contribution in [0.15, 0.2) is 61.2 Å². The fourth-order valence-electron chi connectivity index (χ4n) is 2.72. The average Bonchev–Trinajstić information content (AvgIpc) is 2.68. The number of hydrogen-bond acceptors (Lipinski definition) is 4. The lowest BCUT2D eigenvalue weighted by molar-refractivity contribution is 0.392.